The lowest BCUT2D eigenvalue weighted by Crippen LogP contribution is -2.07. The van der Waals surface area contributed by atoms with Crippen molar-refractivity contribution in [2.75, 3.05) is 0 Å². The minimum absolute atomic E-state index is 0.0560. The van der Waals surface area contributed by atoms with E-state index in [0.29, 0.717) is 23.9 Å². The first-order valence-electron chi connectivity index (χ1n) is 6.38. The lowest BCUT2D eigenvalue weighted by molar-refractivity contribution is 0.231. The normalized spacial score (nSPS) is 10.7. The summed E-state index contributed by atoms with van der Waals surface area (Å²) in [7, 11) is 0. The third kappa shape index (κ3) is 3.71. The standard InChI is InChI=1S/C15H17BrN2O2/c1-10(2)19-14-4-3-7-18-15(14)20-13-6-5-12(16)8-11(13)9-17/h3-8,10H,9,17H2,1-2H3. The summed E-state index contributed by atoms with van der Waals surface area (Å²) in [4.78, 5) is 4.23. The molecule has 0 atom stereocenters. The Morgan fingerprint density at radius 1 is 1.25 bits per heavy atom. The van der Waals surface area contributed by atoms with Crippen molar-refractivity contribution in [1.29, 1.82) is 0 Å². The van der Waals surface area contributed by atoms with Crippen molar-refractivity contribution < 1.29 is 9.47 Å². The summed E-state index contributed by atoms with van der Waals surface area (Å²) in [5.41, 5.74) is 6.64. The molecule has 0 saturated carbocycles. The summed E-state index contributed by atoms with van der Waals surface area (Å²) in [5.74, 6) is 1.75. The molecule has 2 N–H and O–H groups in total. The number of hydrogen-bond donors (Lipinski definition) is 1. The fourth-order valence-corrected chi connectivity index (χ4v) is 2.12. The SMILES string of the molecule is CC(C)Oc1cccnc1Oc1ccc(Br)cc1CN. The topological polar surface area (TPSA) is 57.4 Å². The fraction of sp³-hybridized carbons (Fsp3) is 0.267. The molecule has 0 aliphatic rings. The van der Waals surface area contributed by atoms with Crippen LogP contribution < -0.4 is 15.2 Å². The highest BCUT2D eigenvalue weighted by Gasteiger charge is 2.11. The quantitative estimate of drug-likeness (QED) is 0.899. The van der Waals surface area contributed by atoms with E-state index in [4.69, 9.17) is 15.2 Å². The average Bonchev–Trinajstić information content (AvgIpc) is 2.42. The second-order valence-electron chi connectivity index (χ2n) is 4.53. The second kappa shape index (κ2) is 6.72. The van der Waals surface area contributed by atoms with Crippen LogP contribution in [-0.2, 0) is 6.54 Å². The van der Waals surface area contributed by atoms with E-state index < -0.39 is 0 Å². The molecule has 0 aliphatic carbocycles. The Kier molecular flexibility index (Phi) is 4.98. The molecule has 0 amide bonds. The number of nitrogens with two attached hydrogens (primary N) is 1. The molecule has 2 rings (SSSR count). The summed E-state index contributed by atoms with van der Waals surface area (Å²) >= 11 is 3.42. The van der Waals surface area contributed by atoms with Gasteiger partial charge in [-0.1, -0.05) is 15.9 Å². The molecular formula is C15H17BrN2O2. The Morgan fingerprint density at radius 3 is 2.75 bits per heavy atom. The van der Waals surface area contributed by atoms with E-state index in [1.54, 1.807) is 6.20 Å². The highest BCUT2D eigenvalue weighted by Crippen LogP contribution is 2.32. The van der Waals surface area contributed by atoms with Crippen LogP contribution in [0.25, 0.3) is 0 Å². The van der Waals surface area contributed by atoms with Crippen molar-refractivity contribution in [3.8, 4) is 17.4 Å². The van der Waals surface area contributed by atoms with Crippen LogP contribution in [0, 0.1) is 0 Å². The molecule has 4 nitrogen and oxygen atoms in total. The summed E-state index contributed by atoms with van der Waals surface area (Å²) in [6.45, 7) is 4.31. The van der Waals surface area contributed by atoms with E-state index in [0.717, 1.165) is 10.0 Å². The molecule has 0 fully saturated rings. The first-order chi connectivity index (χ1) is 9.60. The highest BCUT2D eigenvalue weighted by atomic mass is 79.9. The minimum Gasteiger partial charge on any atom is -0.485 e. The van der Waals surface area contributed by atoms with Gasteiger partial charge in [0.25, 0.3) is 5.88 Å². The zero-order valence-corrected chi connectivity index (χ0v) is 13.1. The zero-order chi connectivity index (χ0) is 14.5. The van der Waals surface area contributed by atoms with Crippen LogP contribution in [-0.4, -0.2) is 11.1 Å². The van der Waals surface area contributed by atoms with Gasteiger partial charge in [-0.2, -0.15) is 0 Å². The lowest BCUT2D eigenvalue weighted by atomic mass is 10.2. The number of benzene rings is 1. The lowest BCUT2D eigenvalue weighted by Gasteiger charge is -2.15. The van der Waals surface area contributed by atoms with E-state index in [1.807, 2.05) is 44.2 Å². The maximum atomic E-state index is 5.85. The molecule has 0 bridgehead atoms. The van der Waals surface area contributed by atoms with Gasteiger partial charge in [-0.3, -0.25) is 0 Å². The van der Waals surface area contributed by atoms with E-state index in [9.17, 15) is 0 Å². The number of halogens is 1. The van der Waals surface area contributed by atoms with Crippen LogP contribution >= 0.6 is 15.9 Å². The molecule has 106 valence electrons. The molecule has 0 radical (unpaired) electrons. The molecule has 0 aliphatic heterocycles. The second-order valence-corrected chi connectivity index (χ2v) is 5.45. The smallest absolute Gasteiger partial charge is 0.262 e. The van der Waals surface area contributed by atoms with Crippen LogP contribution in [0.3, 0.4) is 0 Å². The van der Waals surface area contributed by atoms with E-state index in [1.165, 1.54) is 0 Å². The average molecular weight is 337 g/mol. The predicted octanol–water partition coefficient (Wildman–Crippen LogP) is 3.88. The predicted molar refractivity (Wildman–Crippen MR) is 82.1 cm³/mol. The largest absolute Gasteiger partial charge is 0.485 e. The van der Waals surface area contributed by atoms with Gasteiger partial charge in [-0.15, -0.1) is 0 Å². The first kappa shape index (κ1) is 14.8. The molecule has 5 heteroatoms. The zero-order valence-electron chi connectivity index (χ0n) is 11.5. The van der Waals surface area contributed by atoms with Crippen LogP contribution in [0.4, 0.5) is 0 Å². The van der Waals surface area contributed by atoms with E-state index in [-0.39, 0.29) is 6.10 Å². The van der Waals surface area contributed by atoms with Crippen molar-refractivity contribution >= 4 is 15.9 Å². The van der Waals surface area contributed by atoms with Gasteiger partial charge in [0.2, 0.25) is 0 Å². The molecule has 2 aromatic rings. The van der Waals surface area contributed by atoms with Crippen LogP contribution in [0.5, 0.6) is 17.4 Å². The van der Waals surface area contributed by atoms with Crippen LogP contribution in [0.15, 0.2) is 41.0 Å². The Hall–Kier alpha value is -1.59. The van der Waals surface area contributed by atoms with Crippen molar-refractivity contribution in [3.63, 3.8) is 0 Å². The molecule has 1 heterocycles. The number of nitrogens with zero attached hydrogens (tertiary/aromatic N) is 1. The third-order valence-corrected chi connectivity index (χ3v) is 3.04. The third-order valence-electron chi connectivity index (χ3n) is 2.55. The highest BCUT2D eigenvalue weighted by molar-refractivity contribution is 9.10. The van der Waals surface area contributed by atoms with Crippen LogP contribution in [0.2, 0.25) is 0 Å². The molecular weight excluding hydrogens is 320 g/mol. The monoisotopic (exact) mass is 336 g/mol. The summed E-state index contributed by atoms with van der Waals surface area (Å²) < 4.78 is 12.5. The van der Waals surface area contributed by atoms with E-state index >= 15 is 0 Å². The summed E-state index contributed by atoms with van der Waals surface area (Å²) in [6, 6.07) is 9.35. The van der Waals surface area contributed by atoms with Gasteiger partial charge in [-0.05, 0) is 44.2 Å². The minimum atomic E-state index is 0.0560. The number of ether oxygens (including phenoxy) is 2. The Balaban J connectivity index is 2.30. The van der Waals surface area contributed by atoms with Gasteiger partial charge in [0, 0.05) is 22.8 Å². The Morgan fingerprint density at radius 2 is 2.05 bits per heavy atom. The summed E-state index contributed by atoms with van der Waals surface area (Å²) in [6.07, 6.45) is 1.73. The maximum Gasteiger partial charge on any atom is 0.262 e. The van der Waals surface area contributed by atoms with Crippen molar-refractivity contribution in [2.45, 2.75) is 26.5 Å². The molecule has 0 unspecified atom stereocenters. The van der Waals surface area contributed by atoms with Crippen LogP contribution in [0.1, 0.15) is 19.4 Å². The van der Waals surface area contributed by atoms with Gasteiger partial charge in [0.05, 0.1) is 6.10 Å². The fourth-order valence-electron chi connectivity index (χ4n) is 1.71. The van der Waals surface area contributed by atoms with Gasteiger partial charge in [-0.25, -0.2) is 4.98 Å². The van der Waals surface area contributed by atoms with Gasteiger partial charge < -0.3 is 15.2 Å². The van der Waals surface area contributed by atoms with Gasteiger partial charge in [0.1, 0.15) is 5.75 Å². The van der Waals surface area contributed by atoms with Crippen molar-refractivity contribution in [2.24, 2.45) is 5.73 Å². The first-order valence-corrected chi connectivity index (χ1v) is 7.17. The van der Waals surface area contributed by atoms with Gasteiger partial charge in [0.15, 0.2) is 5.75 Å². The number of rotatable bonds is 5. The molecule has 0 spiro atoms. The number of hydrogen-bond acceptors (Lipinski definition) is 4. The molecule has 20 heavy (non-hydrogen) atoms. The molecule has 1 aromatic carbocycles. The molecule has 0 saturated heterocycles. The van der Waals surface area contributed by atoms with Gasteiger partial charge >= 0.3 is 0 Å². The Labute approximate surface area is 127 Å². The number of pyridine rings is 1. The van der Waals surface area contributed by atoms with E-state index in [2.05, 4.69) is 20.9 Å². The van der Waals surface area contributed by atoms with Crippen molar-refractivity contribution in [1.82, 2.24) is 4.98 Å². The number of aromatic nitrogens is 1. The summed E-state index contributed by atoms with van der Waals surface area (Å²) in [5, 5.41) is 0. The molecule has 1 aromatic heterocycles. The Bertz CT molecular complexity index is 588. The maximum absolute atomic E-state index is 5.85. The van der Waals surface area contributed by atoms with Crippen molar-refractivity contribution in [3.05, 3.63) is 46.6 Å².